The van der Waals surface area contributed by atoms with Gasteiger partial charge < -0.3 is 14.5 Å². The van der Waals surface area contributed by atoms with Crippen molar-refractivity contribution in [3.8, 4) is 11.1 Å². The second-order valence-electron chi connectivity index (χ2n) is 9.64. The van der Waals surface area contributed by atoms with Crippen LogP contribution in [0.15, 0.2) is 126 Å². The Balaban J connectivity index is 1.36. The first kappa shape index (κ1) is 23.3. The number of para-hydroxylation sites is 1. The topological polar surface area (TPSA) is 53.6 Å². The van der Waals surface area contributed by atoms with Crippen molar-refractivity contribution in [3.05, 3.63) is 138 Å². The molecule has 6 rings (SSSR count). The molecular formula is C33H27BO3. The Morgan fingerprint density at radius 2 is 1.24 bits per heavy atom. The molecule has 6 aromatic rings. The third-order valence-electron chi connectivity index (χ3n) is 7.15. The largest absolute Gasteiger partial charge is 0.488 e. The number of hydrogen-bond acceptors (Lipinski definition) is 3. The SMILES string of the molecule is OB(O)c1ccc(CC(Cc2ccc3c(c2)oc2ccccc23)c2cccc(-c3ccccc3)c2)cc1. The van der Waals surface area contributed by atoms with E-state index in [1.165, 1.54) is 22.3 Å². The molecule has 180 valence electrons. The molecule has 0 spiro atoms. The molecule has 2 N–H and O–H groups in total. The average Bonchev–Trinajstić information content (AvgIpc) is 3.31. The highest BCUT2D eigenvalue weighted by Crippen LogP contribution is 2.33. The first-order valence-corrected chi connectivity index (χ1v) is 12.6. The van der Waals surface area contributed by atoms with E-state index in [4.69, 9.17) is 4.42 Å². The quantitative estimate of drug-likeness (QED) is 0.256. The summed E-state index contributed by atoms with van der Waals surface area (Å²) < 4.78 is 6.16. The summed E-state index contributed by atoms with van der Waals surface area (Å²) in [5.74, 6) is 0.232. The predicted molar refractivity (Wildman–Crippen MR) is 152 cm³/mol. The lowest BCUT2D eigenvalue weighted by atomic mass is 9.79. The van der Waals surface area contributed by atoms with Gasteiger partial charge in [0.2, 0.25) is 0 Å². The van der Waals surface area contributed by atoms with Gasteiger partial charge in [-0.05, 0) is 64.2 Å². The fourth-order valence-corrected chi connectivity index (χ4v) is 5.20. The zero-order chi connectivity index (χ0) is 25.2. The van der Waals surface area contributed by atoms with E-state index in [2.05, 4.69) is 72.8 Å². The van der Waals surface area contributed by atoms with Crippen molar-refractivity contribution >= 4 is 34.5 Å². The lowest BCUT2D eigenvalue weighted by Gasteiger charge is -2.19. The van der Waals surface area contributed by atoms with Gasteiger partial charge in [-0.3, -0.25) is 0 Å². The lowest BCUT2D eigenvalue weighted by Crippen LogP contribution is -2.29. The summed E-state index contributed by atoms with van der Waals surface area (Å²) in [5, 5.41) is 21.3. The smallest absolute Gasteiger partial charge is 0.456 e. The maximum atomic E-state index is 9.49. The minimum absolute atomic E-state index is 0.232. The van der Waals surface area contributed by atoms with Crippen LogP contribution < -0.4 is 5.46 Å². The Kier molecular flexibility index (Phi) is 6.36. The molecule has 37 heavy (non-hydrogen) atoms. The molecule has 1 aromatic heterocycles. The lowest BCUT2D eigenvalue weighted by molar-refractivity contribution is 0.426. The zero-order valence-corrected chi connectivity index (χ0v) is 20.4. The summed E-state index contributed by atoms with van der Waals surface area (Å²) >= 11 is 0. The fourth-order valence-electron chi connectivity index (χ4n) is 5.20. The molecule has 4 heteroatoms. The maximum absolute atomic E-state index is 9.49. The van der Waals surface area contributed by atoms with Gasteiger partial charge in [0.25, 0.3) is 0 Å². The van der Waals surface area contributed by atoms with Crippen LogP contribution in [0, 0.1) is 0 Å². The van der Waals surface area contributed by atoms with Gasteiger partial charge in [0.1, 0.15) is 11.2 Å². The molecule has 0 amide bonds. The van der Waals surface area contributed by atoms with Crippen molar-refractivity contribution in [1.82, 2.24) is 0 Å². The minimum atomic E-state index is -1.46. The number of hydrogen-bond donors (Lipinski definition) is 2. The molecule has 0 aliphatic heterocycles. The van der Waals surface area contributed by atoms with Crippen LogP contribution in [0.1, 0.15) is 22.6 Å². The average molecular weight is 482 g/mol. The van der Waals surface area contributed by atoms with Crippen molar-refractivity contribution in [2.24, 2.45) is 0 Å². The van der Waals surface area contributed by atoms with Gasteiger partial charge >= 0.3 is 7.12 Å². The second-order valence-corrected chi connectivity index (χ2v) is 9.64. The van der Waals surface area contributed by atoms with Crippen LogP contribution in [0.2, 0.25) is 0 Å². The Morgan fingerprint density at radius 1 is 0.568 bits per heavy atom. The van der Waals surface area contributed by atoms with E-state index in [-0.39, 0.29) is 5.92 Å². The van der Waals surface area contributed by atoms with Gasteiger partial charge in [0.15, 0.2) is 0 Å². The van der Waals surface area contributed by atoms with Gasteiger partial charge in [-0.25, -0.2) is 0 Å². The molecule has 0 radical (unpaired) electrons. The molecule has 1 atom stereocenters. The molecule has 0 bridgehead atoms. The molecule has 0 fully saturated rings. The van der Waals surface area contributed by atoms with Crippen molar-refractivity contribution in [2.75, 3.05) is 0 Å². The first-order chi connectivity index (χ1) is 18.1. The highest BCUT2D eigenvalue weighted by Gasteiger charge is 2.17. The molecule has 1 heterocycles. The molecule has 0 aliphatic rings. The second kappa shape index (κ2) is 10.1. The summed E-state index contributed by atoms with van der Waals surface area (Å²) in [4.78, 5) is 0. The van der Waals surface area contributed by atoms with Crippen LogP contribution >= 0.6 is 0 Å². The van der Waals surface area contributed by atoms with E-state index in [1.54, 1.807) is 12.1 Å². The third kappa shape index (κ3) is 4.95. The van der Waals surface area contributed by atoms with E-state index < -0.39 is 7.12 Å². The summed E-state index contributed by atoms with van der Waals surface area (Å²) in [6, 6.07) is 41.5. The Bertz CT molecular complexity index is 1650. The van der Waals surface area contributed by atoms with Crippen LogP contribution in [0.3, 0.4) is 0 Å². The van der Waals surface area contributed by atoms with E-state index in [0.717, 1.165) is 40.3 Å². The molecule has 5 aromatic carbocycles. The molecule has 3 nitrogen and oxygen atoms in total. The number of furan rings is 1. The highest BCUT2D eigenvalue weighted by atomic mass is 16.4. The van der Waals surface area contributed by atoms with Crippen LogP contribution in [0.5, 0.6) is 0 Å². The minimum Gasteiger partial charge on any atom is -0.456 e. The van der Waals surface area contributed by atoms with Gasteiger partial charge in [0.05, 0.1) is 0 Å². The number of rotatable bonds is 7. The first-order valence-electron chi connectivity index (χ1n) is 12.6. The standard InChI is InChI=1S/C33H27BO3/c35-34(36)29-16-13-23(14-17-29)19-28(27-10-6-9-26(22-27)25-7-2-1-3-8-25)20-24-15-18-31-30-11-4-5-12-32(30)37-33(31)21-24/h1-18,21-22,28,35-36H,19-20H2. The van der Waals surface area contributed by atoms with Gasteiger partial charge in [-0.1, -0.05) is 109 Å². The summed E-state index contributed by atoms with van der Waals surface area (Å²) in [5.41, 5.74) is 8.39. The molecule has 0 aliphatic carbocycles. The van der Waals surface area contributed by atoms with Gasteiger partial charge in [0, 0.05) is 10.8 Å². The summed E-state index contributed by atoms with van der Waals surface area (Å²) in [7, 11) is -1.46. The highest BCUT2D eigenvalue weighted by molar-refractivity contribution is 6.58. The Labute approximate surface area is 216 Å². The van der Waals surface area contributed by atoms with Crippen LogP contribution in [-0.4, -0.2) is 17.2 Å². The molecule has 0 saturated carbocycles. The molecule has 0 saturated heterocycles. The van der Waals surface area contributed by atoms with E-state index in [0.29, 0.717) is 5.46 Å². The van der Waals surface area contributed by atoms with E-state index in [1.807, 2.05) is 36.4 Å². The zero-order valence-electron chi connectivity index (χ0n) is 20.4. The maximum Gasteiger partial charge on any atom is 0.488 e. The molecular weight excluding hydrogens is 455 g/mol. The molecule has 1 unspecified atom stereocenters. The Hall–Kier alpha value is -4.12. The van der Waals surface area contributed by atoms with E-state index >= 15 is 0 Å². The monoisotopic (exact) mass is 482 g/mol. The fraction of sp³-hybridized carbons (Fsp3) is 0.0909. The van der Waals surface area contributed by atoms with Crippen LogP contribution in [-0.2, 0) is 12.8 Å². The van der Waals surface area contributed by atoms with Gasteiger partial charge in [-0.2, -0.15) is 0 Å². The number of benzene rings is 5. The predicted octanol–water partition coefficient (Wildman–Crippen LogP) is 6.50. The van der Waals surface area contributed by atoms with Gasteiger partial charge in [-0.15, -0.1) is 0 Å². The van der Waals surface area contributed by atoms with E-state index in [9.17, 15) is 10.0 Å². The van der Waals surface area contributed by atoms with Crippen molar-refractivity contribution in [1.29, 1.82) is 0 Å². The van der Waals surface area contributed by atoms with Crippen LogP contribution in [0.4, 0.5) is 0 Å². The summed E-state index contributed by atoms with van der Waals surface area (Å²) in [6.07, 6.45) is 1.69. The third-order valence-corrected chi connectivity index (χ3v) is 7.15. The number of fused-ring (bicyclic) bond motifs is 3. The normalized spacial score (nSPS) is 12.2. The summed E-state index contributed by atoms with van der Waals surface area (Å²) in [6.45, 7) is 0. The van der Waals surface area contributed by atoms with Crippen molar-refractivity contribution in [2.45, 2.75) is 18.8 Å². The van der Waals surface area contributed by atoms with Crippen LogP contribution in [0.25, 0.3) is 33.1 Å². The van der Waals surface area contributed by atoms with Crippen molar-refractivity contribution in [3.63, 3.8) is 0 Å². The van der Waals surface area contributed by atoms with Crippen molar-refractivity contribution < 1.29 is 14.5 Å². The Morgan fingerprint density at radius 3 is 2.05 bits per heavy atom.